The number of thiazole rings is 1. The molecule has 0 aliphatic rings. The maximum absolute atomic E-state index is 12.7. The lowest BCUT2D eigenvalue weighted by Crippen LogP contribution is -2.26. The van der Waals surface area contributed by atoms with Gasteiger partial charge in [-0.25, -0.2) is 18.1 Å². The fourth-order valence-electron chi connectivity index (χ4n) is 2.54. The summed E-state index contributed by atoms with van der Waals surface area (Å²) >= 11 is 2.78. The molecule has 0 aliphatic carbocycles. The molecule has 144 valence electrons. The van der Waals surface area contributed by atoms with Crippen LogP contribution in [0.15, 0.2) is 46.0 Å². The lowest BCUT2D eigenvalue weighted by Gasteiger charge is -2.14. The summed E-state index contributed by atoms with van der Waals surface area (Å²) in [5.41, 5.74) is 1.90. The van der Waals surface area contributed by atoms with Gasteiger partial charge in [-0.15, -0.1) is 22.7 Å². The number of sulfonamides is 1. The quantitative estimate of drug-likeness (QED) is 0.562. The maximum Gasteiger partial charge on any atom is 0.250 e. The number of aromatic nitrogens is 1. The lowest BCUT2D eigenvalue weighted by atomic mass is 10.1. The van der Waals surface area contributed by atoms with Crippen LogP contribution in [0.3, 0.4) is 0 Å². The fourth-order valence-corrected chi connectivity index (χ4v) is 6.07. The predicted octanol–water partition coefficient (Wildman–Crippen LogP) is 4.87. The van der Waals surface area contributed by atoms with Gasteiger partial charge in [-0.2, -0.15) is 0 Å². The molecule has 2 heterocycles. The Bertz CT molecular complexity index is 991. The molecule has 0 bridgehead atoms. The van der Waals surface area contributed by atoms with Gasteiger partial charge < -0.3 is 4.74 Å². The van der Waals surface area contributed by atoms with Gasteiger partial charge in [0.05, 0.1) is 17.2 Å². The van der Waals surface area contributed by atoms with Crippen molar-refractivity contribution >= 4 is 32.7 Å². The van der Waals surface area contributed by atoms with Crippen LogP contribution < -0.4 is 9.46 Å². The van der Waals surface area contributed by atoms with Crippen molar-refractivity contribution in [2.75, 3.05) is 6.61 Å². The van der Waals surface area contributed by atoms with E-state index in [1.807, 2.05) is 49.6 Å². The van der Waals surface area contributed by atoms with Crippen molar-refractivity contribution in [3.05, 3.63) is 53.0 Å². The van der Waals surface area contributed by atoms with E-state index in [9.17, 15) is 8.42 Å². The molecule has 0 radical (unpaired) electrons. The van der Waals surface area contributed by atoms with E-state index in [0.29, 0.717) is 10.8 Å². The first-order valence-electron chi connectivity index (χ1n) is 8.72. The standard InChI is InChI=1S/C19H22N2O3S3/c1-4-15-12-25-19(20-15)17-10-11-18(26-17)27(22,23)21-13(3)14-6-8-16(9-7-14)24-5-2/h6-13,21H,4-5H2,1-3H3. The first-order valence-corrected chi connectivity index (χ1v) is 11.9. The zero-order valence-corrected chi connectivity index (χ0v) is 17.9. The van der Waals surface area contributed by atoms with Crippen molar-refractivity contribution in [1.29, 1.82) is 0 Å². The second kappa shape index (κ2) is 8.52. The number of thiophene rings is 1. The van der Waals surface area contributed by atoms with Crippen LogP contribution in [-0.2, 0) is 16.4 Å². The third kappa shape index (κ3) is 4.76. The molecule has 0 spiro atoms. The Hall–Kier alpha value is -1.74. The molecular weight excluding hydrogens is 400 g/mol. The third-order valence-corrected chi connectivity index (χ3v) is 8.17. The number of nitrogens with one attached hydrogen (secondary N) is 1. The molecule has 1 atom stereocenters. The second-order valence-electron chi connectivity index (χ2n) is 5.96. The zero-order valence-electron chi connectivity index (χ0n) is 15.4. The molecule has 27 heavy (non-hydrogen) atoms. The summed E-state index contributed by atoms with van der Waals surface area (Å²) in [5.74, 6) is 0.772. The molecule has 0 amide bonds. The van der Waals surface area contributed by atoms with Crippen LogP contribution >= 0.6 is 22.7 Å². The van der Waals surface area contributed by atoms with Gasteiger partial charge in [-0.05, 0) is 50.1 Å². The number of rotatable bonds is 8. The van der Waals surface area contributed by atoms with E-state index in [1.165, 1.54) is 22.7 Å². The first-order chi connectivity index (χ1) is 12.9. The van der Waals surface area contributed by atoms with Gasteiger partial charge in [-0.3, -0.25) is 0 Å². The number of hydrogen-bond acceptors (Lipinski definition) is 6. The lowest BCUT2D eigenvalue weighted by molar-refractivity contribution is 0.340. The minimum absolute atomic E-state index is 0.295. The summed E-state index contributed by atoms with van der Waals surface area (Å²) in [7, 11) is -3.60. The molecule has 3 rings (SSSR count). The largest absolute Gasteiger partial charge is 0.494 e. The highest BCUT2D eigenvalue weighted by molar-refractivity contribution is 7.91. The van der Waals surface area contributed by atoms with Crippen LogP contribution in [0.1, 0.15) is 38.1 Å². The number of ether oxygens (including phenoxy) is 1. The van der Waals surface area contributed by atoms with Crippen molar-refractivity contribution in [3.63, 3.8) is 0 Å². The van der Waals surface area contributed by atoms with Crippen LogP contribution in [0.25, 0.3) is 9.88 Å². The SMILES string of the molecule is CCOc1ccc(C(C)NS(=O)(=O)c2ccc(-c3nc(CC)cs3)s2)cc1. The predicted molar refractivity (Wildman–Crippen MR) is 111 cm³/mol. The van der Waals surface area contributed by atoms with Crippen LogP contribution in [0.2, 0.25) is 0 Å². The molecule has 2 aromatic heterocycles. The summed E-state index contributed by atoms with van der Waals surface area (Å²) in [6.07, 6.45) is 0.869. The van der Waals surface area contributed by atoms with E-state index in [4.69, 9.17) is 4.74 Å². The summed E-state index contributed by atoms with van der Waals surface area (Å²) in [4.78, 5) is 5.40. The molecule has 3 aromatic rings. The molecule has 5 nitrogen and oxygen atoms in total. The molecular formula is C19H22N2O3S3. The monoisotopic (exact) mass is 422 g/mol. The average molecular weight is 423 g/mol. The van der Waals surface area contributed by atoms with Crippen molar-refractivity contribution in [3.8, 4) is 15.6 Å². The van der Waals surface area contributed by atoms with Gasteiger partial charge in [0.25, 0.3) is 10.0 Å². The maximum atomic E-state index is 12.7. The van der Waals surface area contributed by atoms with Crippen LogP contribution in [-0.4, -0.2) is 20.0 Å². The van der Waals surface area contributed by atoms with E-state index in [1.54, 1.807) is 6.07 Å². The van der Waals surface area contributed by atoms with Gasteiger partial charge in [-0.1, -0.05) is 19.1 Å². The highest BCUT2D eigenvalue weighted by atomic mass is 32.2. The molecule has 0 fully saturated rings. The van der Waals surface area contributed by atoms with E-state index >= 15 is 0 Å². The van der Waals surface area contributed by atoms with Gasteiger partial charge in [0.2, 0.25) is 0 Å². The highest BCUT2D eigenvalue weighted by Gasteiger charge is 2.21. The van der Waals surface area contributed by atoms with E-state index in [2.05, 4.69) is 16.6 Å². The van der Waals surface area contributed by atoms with Gasteiger partial charge in [0.15, 0.2) is 0 Å². The van der Waals surface area contributed by atoms with Gasteiger partial charge in [0.1, 0.15) is 15.0 Å². The fraction of sp³-hybridized carbons (Fsp3) is 0.316. The molecule has 0 aliphatic heterocycles. The van der Waals surface area contributed by atoms with E-state index in [0.717, 1.165) is 33.3 Å². The topological polar surface area (TPSA) is 68.3 Å². The Morgan fingerprint density at radius 1 is 1.15 bits per heavy atom. The molecule has 0 saturated heterocycles. The number of aryl methyl sites for hydroxylation is 1. The minimum atomic E-state index is -3.60. The Balaban J connectivity index is 1.74. The van der Waals surface area contributed by atoms with Crippen LogP contribution in [0, 0.1) is 0 Å². The number of hydrogen-bond donors (Lipinski definition) is 1. The Labute approximate surface area is 168 Å². The molecule has 8 heteroatoms. The molecule has 1 unspecified atom stereocenters. The first kappa shape index (κ1) is 20.0. The van der Waals surface area contributed by atoms with Crippen molar-refractivity contribution in [2.45, 2.75) is 37.4 Å². The Kier molecular flexibility index (Phi) is 6.31. The van der Waals surface area contributed by atoms with E-state index < -0.39 is 10.0 Å². The van der Waals surface area contributed by atoms with E-state index in [-0.39, 0.29) is 6.04 Å². The summed E-state index contributed by atoms with van der Waals surface area (Å²) < 4.78 is 34.0. The third-order valence-electron chi connectivity index (χ3n) is 3.99. The molecule has 1 N–H and O–H groups in total. The van der Waals surface area contributed by atoms with Crippen molar-refractivity contribution in [1.82, 2.24) is 9.71 Å². The highest BCUT2D eigenvalue weighted by Crippen LogP contribution is 2.33. The van der Waals surface area contributed by atoms with Gasteiger partial charge >= 0.3 is 0 Å². The Morgan fingerprint density at radius 3 is 2.52 bits per heavy atom. The molecule has 0 saturated carbocycles. The smallest absolute Gasteiger partial charge is 0.250 e. The van der Waals surface area contributed by atoms with Crippen LogP contribution in [0.5, 0.6) is 5.75 Å². The number of nitrogens with zero attached hydrogens (tertiary/aromatic N) is 1. The average Bonchev–Trinajstić information content (AvgIpc) is 3.31. The summed E-state index contributed by atoms with van der Waals surface area (Å²) in [6.45, 7) is 6.40. The minimum Gasteiger partial charge on any atom is -0.494 e. The second-order valence-corrected chi connectivity index (χ2v) is 9.84. The normalized spacial score (nSPS) is 12.9. The Morgan fingerprint density at radius 2 is 1.89 bits per heavy atom. The summed E-state index contributed by atoms with van der Waals surface area (Å²) in [5, 5.41) is 2.87. The number of benzene rings is 1. The van der Waals surface area contributed by atoms with Crippen LogP contribution in [0.4, 0.5) is 0 Å². The zero-order chi connectivity index (χ0) is 19.4. The molecule has 1 aromatic carbocycles. The van der Waals surface area contributed by atoms with Crippen molar-refractivity contribution in [2.24, 2.45) is 0 Å². The summed E-state index contributed by atoms with van der Waals surface area (Å²) in [6, 6.07) is 10.6. The van der Waals surface area contributed by atoms with Gasteiger partial charge in [0, 0.05) is 11.4 Å². The van der Waals surface area contributed by atoms with Crippen molar-refractivity contribution < 1.29 is 13.2 Å².